The second kappa shape index (κ2) is 3.13. The number of H-pyrrole nitrogens is 1. The van der Waals surface area contributed by atoms with Gasteiger partial charge in [0, 0.05) is 5.69 Å². The zero-order valence-electron chi connectivity index (χ0n) is 7.78. The van der Waals surface area contributed by atoms with E-state index in [0.29, 0.717) is 11.2 Å². The number of nitrogen functional groups attached to an aromatic ring is 1. The third-order valence-electron chi connectivity index (χ3n) is 2.14. The van der Waals surface area contributed by atoms with E-state index in [1.165, 1.54) is 6.07 Å². The Morgan fingerprint density at radius 1 is 1.27 bits per heavy atom. The maximum atomic E-state index is 11.4. The van der Waals surface area contributed by atoms with E-state index >= 15 is 0 Å². The molecule has 5 heteroatoms. The lowest BCUT2D eigenvalue weighted by molar-refractivity contribution is 0.0999. The maximum Gasteiger partial charge on any atom is 0.261 e. The summed E-state index contributed by atoms with van der Waals surface area (Å²) in [4.78, 5) is 24.8. The number of pyridine rings is 1. The molecule has 2 aromatic rings. The molecule has 0 aliphatic carbocycles. The number of nitrogens with one attached hydrogen (secondary N) is 1. The topological polar surface area (TPSA) is 102 Å². The van der Waals surface area contributed by atoms with Crippen molar-refractivity contribution in [3.8, 4) is 0 Å². The molecule has 0 unspecified atom stereocenters. The number of carbonyl (C=O) groups excluding carboxylic acids is 1. The van der Waals surface area contributed by atoms with Crippen LogP contribution in [0.25, 0.3) is 10.9 Å². The maximum absolute atomic E-state index is 11.4. The number of fused-ring (bicyclic) bond motifs is 1. The van der Waals surface area contributed by atoms with Gasteiger partial charge in [0.15, 0.2) is 0 Å². The van der Waals surface area contributed by atoms with E-state index in [1.54, 1.807) is 18.2 Å². The Balaban J connectivity index is 2.82. The molecule has 0 aliphatic heterocycles. The van der Waals surface area contributed by atoms with Crippen LogP contribution in [0.2, 0.25) is 0 Å². The van der Waals surface area contributed by atoms with Crippen LogP contribution in [0.15, 0.2) is 29.1 Å². The highest BCUT2D eigenvalue weighted by Gasteiger charge is 2.07. The summed E-state index contributed by atoms with van der Waals surface area (Å²) in [5.41, 5.74) is 11.2. The first kappa shape index (κ1) is 9.26. The standard InChI is InChI=1S/C10H9N3O2/c11-6-2-1-5-3-7(9(12)14)10(15)13-8(5)4-6/h1-4H,11H2,(H2,12,14)(H,13,15). The number of hydrogen-bond acceptors (Lipinski definition) is 3. The normalized spacial score (nSPS) is 10.4. The molecule has 0 bridgehead atoms. The van der Waals surface area contributed by atoms with E-state index < -0.39 is 11.5 Å². The second-order valence-corrected chi connectivity index (χ2v) is 3.22. The lowest BCUT2D eigenvalue weighted by Gasteiger charge is -2.01. The monoisotopic (exact) mass is 203 g/mol. The molecule has 1 aromatic carbocycles. The molecule has 1 heterocycles. The van der Waals surface area contributed by atoms with Crippen LogP contribution in [0.5, 0.6) is 0 Å². The number of amides is 1. The van der Waals surface area contributed by atoms with Crippen molar-refractivity contribution in [3.05, 3.63) is 40.2 Å². The van der Waals surface area contributed by atoms with Crippen LogP contribution in [-0.4, -0.2) is 10.9 Å². The van der Waals surface area contributed by atoms with Crippen molar-refractivity contribution in [1.29, 1.82) is 0 Å². The fraction of sp³-hybridized carbons (Fsp3) is 0. The number of aromatic amines is 1. The summed E-state index contributed by atoms with van der Waals surface area (Å²) in [6.07, 6.45) is 0. The van der Waals surface area contributed by atoms with Gasteiger partial charge in [-0.2, -0.15) is 0 Å². The SMILES string of the molecule is NC(=O)c1cc2ccc(N)cc2[nH]c1=O. The predicted octanol–water partition coefficient (Wildman–Crippen LogP) is 0.209. The van der Waals surface area contributed by atoms with E-state index in [2.05, 4.69) is 4.98 Å². The number of benzene rings is 1. The molecule has 0 saturated heterocycles. The first-order chi connectivity index (χ1) is 7.08. The minimum Gasteiger partial charge on any atom is -0.399 e. The lowest BCUT2D eigenvalue weighted by atomic mass is 10.1. The number of carbonyl (C=O) groups is 1. The number of nitrogens with two attached hydrogens (primary N) is 2. The van der Waals surface area contributed by atoms with E-state index in [1.807, 2.05) is 0 Å². The summed E-state index contributed by atoms with van der Waals surface area (Å²) in [7, 11) is 0. The molecular formula is C10H9N3O2. The number of anilines is 1. The molecular weight excluding hydrogens is 194 g/mol. The van der Waals surface area contributed by atoms with Crippen molar-refractivity contribution in [3.63, 3.8) is 0 Å². The summed E-state index contributed by atoms with van der Waals surface area (Å²) in [6, 6.07) is 6.48. The van der Waals surface area contributed by atoms with Gasteiger partial charge in [-0.25, -0.2) is 0 Å². The molecule has 0 aliphatic rings. The summed E-state index contributed by atoms with van der Waals surface area (Å²) in [5, 5.41) is 0.720. The van der Waals surface area contributed by atoms with Gasteiger partial charge in [0.2, 0.25) is 0 Å². The van der Waals surface area contributed by atoms with Gasteiger partial charge in [-0.1, -0.05) is 6.07 Å². The molecule has 76 valence electrons. The average Bonchev–Trinajstić information content (AvgIpc) is 2.15. The van der Waals surface area contributed by atoms with Crippen LogP contribution in [0.4, 0.5) is 5.69 Å². The van der Waals surface area contributed by atoms with E-state index in [0.717, 1.165) is 5.39 Å². The minimum atomic E-state index is -0.741. The highest BCUT2D eigenvalue weighted by Crippen LogP contribution is 2.14. The Morgan fingerprint density at radius 2 is 2.00 bits per heavy atom. The number of primary amides is 1. The Morgan fingerprint density at radius 3 is 2.67 bits per heavy atom. The molecule has 0 saturated carbocycles. The van der Waals surface area contributed by atoms with Gasteiger partial charge in [-0.15, -0.1) is 0 Å². The van der Waals surface area contributed by atoms with Crippen molar-refractivity contribution in [2.24, 2.45) is 5.73 Å². The Bertz CT molecular complexity index is 601. The fourth-order valence-corrected chi connectivity index (χ4v) is 1.40. The third kappa shape index (κ3) is 1.54. The molecule has 0 radical (unpaired) electrons. The highest BCUT2D eigenvalue weighted by atomic mass is 16.2. The smallest absolute Gasteiger partial charge is 0.261 e. The minimum absolute atomic E-state index is 0.0488. The molecule has 0 spiro atoms. The van der Waals surface area contributed by atoms with Gasteiger partial charge in [0.25, 0.3) is 11.5 Å². The van der Waals surface area contributed by atoms with Crippen LogP contribution in [-0.2, 0) is 0 Å². The molecule has 1 aromatic heterocycles. The van der Waals surface area contributed by atoms with Gasteiger partial charge in [0.05, 0.1) is 5.52 Å². The average molecular weight is 203 g/mol. The third-order valence-corrected chi connectivity index (χ3v) is 2.14. The summed E-state index contributed by atoms with van der Waals surface area (Å²) < 4.78 is 0. The molecule has 15 heavy (non-hydrogen) atoms. The lowest BCUT2D eigenvalue weighted by Crippen LogP contribution is -2.23. The Kier molecular flexibility index (Phi) is 1.93. The van der Waals surface area contributed by atoms with Gasteiger partial charge in [-0.05, 0) is 23.6 Å². The number of aromatic nitrogens is 1. The van der Waals surface area contributed by atoms with Gasteiger partial charge in [-0.3, -0.25) is 9.59 Å². The zero-order valence-corrected chi connectivity index (χ0v) is 7.78. The summed E-state index contributed by atoms with van der Waals surface area (Å²) in [5.74, 6) is -0.741. The zero-order chi connectivity index (χ0) is 11.0. The van der Waals surface area contributed by atoms with Crippen LogP contribution < -0.4 is 17.0 Å². The largest absolute Gasteiger partial charge is 0.399 e. The van der Waals surface area contributed by atoms with Gasteiger partial charge >= 0.3 is 0 Å². The molecule has 5 N–H and O–H groups in total. The summed E-state index contributed by atoms with van der Waals surface area (Å²) >= 11 is 0. The van der Waals surface area contributed by atoms with Crippen LogP contribution in [0.3, 0.4) is 0 Å². The summed E-state index contributed by atoms with van der Waals surface area (Å²) in [6.45, 7) is 0. The second-order valence-electron chi connectivity index (χ2n) is 3.22. The van der Waals surface area contributed by atoms with Crippen molar-refractivity contribution < 1.29 is 4.79 Å². The molecule has 0 atom stereocenters. The first-order valence-corrected chi connectivity index (χ1v) is 4.30. The molecule has 0 fully saturated rings. The van der Waals surface area contributed by atoms with Crippen molar-refractivity contribution >= 4 is 22.5 Å². The van der Waals surface area contributed by atoms with Gasteiger partial charge in [0.1, 0.15) is 5.56 Å². The van der Waals surface area contributed by atoms with E-state index in [4.69, 9.17) is 11.5 Å². The van der Waals surface area contributed by atoms with E-state index in [-0.39, 0.29) is 5.56 Å². The van der Waals surface area contributed by atoms with Crippen LogP contribution in [0, 0.1) is 0 Å². The van der Waals surface area contributed by atoms with Crippen molar-refractivity contribution in [2.75, 3.05) is 5.73 Å². The Hall–Kier alpha value is -2.30. The van der Waals surface area contributed by atoms with Gasteiger partial charge < -0.3 is 16.5 Å². The molecule has 1 amide bonds. The quantitative estimate of drug-likeness (QED) is 0.577. The van der Waals surface area contributed by atoms with E-state index in [9.17, 15) is 9.59 Å². The fourth-order valence-electron chi connectivity index (χ4n) is 1.40. The highest BCUT2D eigenvalue weighted by molar-refractivity contribution is 5.96. The van der Waals surface area contributed by atoms with Crippen molar-refractivity contribution in [2.45, 2.75) is 0 Å². The first-order valence-electron chi connectivity index (χ1n) is 4.30. The molecule has 2 rings (SSSR count). The number of hydrogen-bond donors (Lipinski definition) is 3. The van der Waals surface area contributed by atoms with Crippen LogP contribution >= 0.6 is 0 Å². The van der Waals surface area contributed by atoms with Crippen molar-refractivity contribution in [1.82, 2.24) is 4.98 Å². The van der Waals surface area contributed by atoms with Crippen LogP contribution in [0.1, 0.15) is 10.4 Å². The predicted molar refractivity (Wildman–Crippen MR) is 57.5 cm³/mol. The Labute approximate surface area is 84.7 Å². The number of rotatable bonds is 1. The molecule has 5 nitrogen and oxygen atoms in total.